The number of nitrogens with zero attached hydrogens (tertiary/aromatic N) is 1. The third-order valence-electron chi connectivity index (χ3n) is 3.07. The molecule has 2 aromatic carbocycles. The first kappa shape index (κ1) is 14.6. The lowest BCUT2D eigenvalue weighted by Crippen LogP contribution is -2.30. The van der Waals surface area contributed by atoms with Crippen molar-refractivity contribution >= 4 is 11.6 Å². The fourth-order valence-electron chi connectivity index (χ4n) is 1.86. The smallest absolute Gasteiger partial charge is 0.265 e. The summed E-state index contributed by atoms with van der Waals surface area (Å²) >= 11 is 0. The van der Waals surface area contributed by atoms with Gasteiger partial charge in [0.25, 0.3) is 5.91 Å². The van der Waals surface area contributed by atoms with Gasteiger partial charge in [0, 0.05) is 0 Å². The van der Waals surface area contributed by atoms with Gasteiger partial charge < -0.3 is 10.1 Å². The number of hydrogen-bond acceptors (Lipinski definition) is 3. The molecule has 1 N–H and O–H groups in total. The number of ether oxygens (including phenoxy) is 1. The van der Waals surface area contributed by atoms with Crippen LogP contribution in [0.3, 0.4) is 0 Å². The first-order valence-corrected chi connectivity index (χ1v) is 6.64. The zero-order chi connectivity index (χ0) is 15.2. The van der Waals surface area contributed by atoms with E-state index < -0.39 is 6.10 Å². The van der Waals surface area contributed by atoms with Crippen LogP contribution >= 0.6 is 0 Å². The molecule has 0 heterocycles. The molecule has 1 unspecified atom stereocenters. The van der Waals surface area contributed by atoms with Gasteiger partial charge >= 0.3 is 0 Å². The molecule has 4 heteroatoms. The van der Waals surface area contributed by atoms with Crippen LogP contribution in [0.4, 0.5) is 5.69 Å². The molecule has 0 aliphatic carbocycles. The number of nitriles is 1. The van der Waals surface area contributed by atoms with E-state index in [0.717, 1.165) is 5.56 Å². The highest BCUT2D eigenvalue weighted by Crippen LogP contribution is 2.19. The van der Waals surface area contributed by atoms with Gasteiger partial charge in [-0.05, 0) is 37.6 Å². The van der Waals surface area contributed by atoms with Gasteiger partial charge in [0.1, 0.15) is 11.8 Å². The predicted octanol–water partition coefficient (Wildman–Crippen LogP) is 3.27. The van der Waals surface area contributed by atoms with Crippen molar-refractivity contribution in [1.82, 2.24) is 0 Å². The molecular formula is C17H16N2O2. The highest BCUT2D eigenvalue weighted by atomic mass is 16.5. The molecule has 0 bridgehead atoms. The summed E-state index contributed by atoms with van der Waals surface area (Å²) in [6.07, 6.45) is -0.655. The SMILES string of the molecule is Cc1ccccc1OC(C)C(=O)Nc1ccccc1C#N. The number of hydrogen-bond donors (Lipinski definition) is 1. The van der Waals surface area contributed by atoms with Crippen LogP contribution < -0.4 is 10.1 Å². The molecule has 0 spiro atoms. The third-order valence-corrected chi connectivity index (χ3v) is 3.07. The van der Waals surface area contributed by atoms with Crippen molar-refractivity contribution in [3.05, 3.63) is 59.7 Å². The minimum Gasteiger partial charge on any atom is -0.481 e. The number of nitrogens with one attached hydrogen (secondary N) is 1. The molecule has 2 aromatic rings. The quantitative estimate of drug-likeness (QED) is 0.935. The Hall–Kier alpha value is -2.80. The first-order chi connectivity index (χ1) is 10.1. The van der Waals surface area contributed by atoms with E-state index >= 15 is 0 Å². The van der Waals surface area contributed by atoms with Crippen LogP contribution in [0.2, 0.25) is 0 Å². The maximum absolute atomic E-state index is 12.2. The van der Waals surface area contributed by atoms with Crippen LogP contribution in [0.25, 0.3) is 0 Å². The third kappa shape index (κ3) is 3.61. The molecule has 0 aliphatic rings. The zero-order valence-corrected chi connectivity index (χ0v) is 12.0. The Balaban J connectivity index is 2.07. The van der Waals surface area contributed by atoms with E-state index in [1.54, 1.807) is 31.2 Å². The van der Waals surface area contributed by atoms with Crippen molar-refractivity contribution in [3.63, 3.8) is 0 Å². The molecule has 4 nitrogen and oxygen atoms in total. The number of carbonyl (C=O) groups excluding carboxylic acids is 1. The van der Waals surface area contributed by atoms with Crippen LogP contribution in [-0.2, 0) is 4.79 Å². The Labute approximate surface area is 124 Å². The summed E-state index contributed by atoms with van der Waals surface area (Å²) in [7, 11) is 0. The van der Waals surface area contributed by atoms with Crippen LogP contribution in [0, 0.1) is 18.3 Å². The fraction of sp³-hybridized carbons (Fsp3) is 0.176. The van der Waals surface area contributed by atoms with E-state index in [1.807, 2.05) is 37.3 Å². The van der Waals surface area contributed by atoms with Crippen LogP contribution in [0.1, 0.15) is 18.1 Å². The molecule has 1 atom stereocenters. The molecule has 0 saturated heterocycles. The van der Waals surface area contributed by atoms with Crippen molar-refractivity contribution in [2.75, 3.05) is 5.32 Å². The van der Waals surface area contributed by atoms with E-state index in [2.05, 4.69) is 5.32 Å². The van der Waals surface area contributed by atoms with Crippen LogP contribution in [-0.4, -0.2) is 12.0 Å². The summed E-state index contributed by atoms with van der Waals surface area (Å²) < 4.78 is 5.66. The average Bonchev–Trinajstić information content (AvgIpc) is 2.50. The van der Waals surface area contributed by atoms with Crippen molar-refractivity contribution in [1.29, 1.82) is 5.26 Å². The molecule has 0 aliphatic heterocycles. The number of anilines is 1. The fourth-order valence-corrected chi connectivity index (χ4v) is 1.86. The van der Waals surface area contributed by atoms with E-state index in [9.17, 15) is 4.79 Å². The Kier molecular flexibility index (Phi) is 4.57. The van der Waals surface area contributed by atoms with Gasteiger partial charge in [-0.2, -0.15) is 5.26 Å². The summed E-state index contributed by atoms with van der Waals surface area (Å²) in [6, 6.07) is 16.4. The number of benzene rings is 2. The van der Waals surface area contributed by atoms with Crippen molar-refractivity contribution in [3.8, 4) is 11.8 Å². The molecule has 0 saturated carbocycles. The Bertz CT molecular complexity index is 689. The zero-order valence-electron chi connectivity index (χ0n) is 12.0. The topological polar surface area (TPSA) is 62.1 Å². The number of rotatable bonds is 4. The van der Waals surface area contributed by atoms with Crippen molar-refractivity contribution in [2.24, 2.45) is 0 Å². The number of carbonyl (C=O) groups is 1. The van der Waals surface area contributed by atoms with E-state index in [4.69, 9.17) is 10.00 Å². The lowest BCUT2D eigenvalue weighted by molar-refractivity contribution is -0.122. The summed E-state index contributed by atoms with van der Waals surface area (Å²) in [5.74, 6) is 0.384. The molecule has 1 amide bonds. The number of aryl methyl sites for hydroxylation is 1. The average molecular weight is 280 g/mol. The number of para-hydroxylation sites is 2. The molecule has 0 aromatic heterocycles. The van der Waals surface area contributed by atoms with Gasteiger partial charge in [-0.3, -0.25) is 4.79 Å². The van der Waals surface area contributed by atoms with Gasteiger partial charge in [0.05, 0.1) is 11.3 Å². The molecular weight excluding hydrogens is 264 g/mol. The standard InChI is InChI=1S/C17H16N2O2/c1-12-7-3-6-10-16(12)21-13(2)17(20)19-15-9-5-4-8-14(15)11-18/h3-10,13H,1-2H3,(H,19,20). The predicted molar refractivity (Wildman–Crippen MR) is 81.1 cm³/mol. The van der Waals surface area contributed by atoms with E-state index in [0.29, 0.717) is 17.0 Å². The second-order valence-electron chi connectivity index (χ2n) is 4.67. The summed E-state index contributed by atoms with van der Waals surface area (Å²) in [5, 5.41) is 11.7. The van der Waals surface area contributed by atoms with Gasteiger partial charge in [0.2, 0.25) is 0 Å². The molecule has 0 fully saturated rings. The largest absolute Gasteiger partial charge is 0.481 e. The normalized spacial score (nSPS) is 11.3. The molecule has 0 radical (unpaired) electrons. The van der Waals surface area contributed by atoms with Crippen LogP contribution in [0.5, 0.6) is 5.75 Å². The maximum Gasteiger partial charge on any atom is 0.265 e. The second kappa shape index (κ2) is 6.58. The lowest BCUT2D eigenvalue weighted by atomic mass is 10.2. The second-order valence-corrected chi connectivity index (χ2v) is 4.67. The van der Waals surface area contributed by atoms with Gasteiger partial charge in [-0.15, -0.1) is 0 Å². The highest BCUT2D eigenvalue weighted by Gasteiger charge is 2.16. The molecule has 106 valence electrons. The van der Waals surface area contributed by atoms with Crippen molar-refractivity contribution in [2.45, 2.75) is 20.0 Å². The summed E-state index contributed by atoms with van der Waals surface area (Å²) in [6.45, 7) is 3.60. The Morgan fingerprint density at radius 2 is 1.86 bits per heavy atom. The highest BCUT2D eigenvalue weighted by molar-refractivity contribution is 5.95. The van der Waals surface area contributed by atoms with Crippen molar-refractivity contribution < 1.29 is 9.53 Å². The minimum atomic E-state index is -0.655. The van der Waals surface area contributed by atoms with E-state index in [1.165, 1.54) is 0 Å². The first-order valence-electron chi connectivity index (χ1n) is 6.64. The Morgan fingerprint density at radius 3 is 2.57 bits per heavy atom. The molecule has 2 rings (SSSR count). The Morgan fingerprint density at radius 1 is 1.19 bits per heavy atom. The van der Waals surface area contributed by atoms with Gasteiger partial charge in [-0.25, -0.2) is 0 Å². The minimum absolute atomic E-state index is 0.291. The lowest BCUT2D eigenvalue weighted by Gasteiger charge is -2.16. The van der Waals surface area contributed by atoms with Gasteiger partial charge in [0.15, 0.2) is 6.10 Å². The van der Waals surface area contributed by atoms with E-state index in [-0.39, 0.29) is 5.91 Å². The monoisotopic (exact) mass is 280 g/mol. The maximum atomic E-state index is 12.2. The summed E-state index contributed by atoms with van der Waals surface area (Å²) in [4.78, 5) is 12.2. The van der Waals surface area contributed by atoms with Gasteiger partial charge in [-0.1, -0.05) is 30.3 Å². The number of amides is 1. The molecule has 21 heavy (non-hydrogen) atoms. The summed E-state index contributed by atoms with van der Waals surface area (Å²) in [5.41, 5.74) is 1.88. The van der Waals surface area contributed by atoms with Crippen LogP contribution in [0.15, 0.2) is 48.5 Å².